The lowest BCUT2D eigenvalue weighted by Crippen LogP contribution is -2.44. The molecule has 27 heavy (non-hydrogen) atoms. The Labute approximate surface area is 166 Å². The van der Waals surface area contributed by atoms with Gasteiger partial charge in [-0.15, -0.1) is 0 Å². The number of hydrogen-bond acceptors (Lipinski definition) is 4. The van der Waals surface area contributed by atoms with Crippen LogP contribution >= 0.6 is 12.2 Å². The van der Waals surface area contributed by atoms with Crippen LogP contribution in [0, 0.1) is 11.3 Å². The monoisotopic (exact) mass is 379 g/mol. The highest BCUT2D eigenvalue weighted by atomic mass is 32.1. The van der Waals surface area contributed by atoms with Crippen molar-refractivity contribution in [3.8, 4) is 6.07 Å². The van der Waals surface area contributed by atoms with Gasteiger partial charge in [0.25, 0.3) is 0 Å². The zero-order valence-corrected chi connectivity index (χ0v) is 16.4. The van der Waals surface area contributed by atoms with Crippen LogP contribution < -0.4 is 15.5 Å². The van der Waals surface area contributed by atoms with Crippen molar-refractivity contribution in [1.29, 1.82) is 5.26 Å². The van der Waals surface area contributed by atoms with Crippen LogP contribution in [0.4, 0.5) is 11.4 Å². The zero-order chi connectivity index (χ0) is 19.1. The molecule has 1 heterocycles. The van der Waals surface area contributed by atoms with Crippen molar-refractivity contribution in [2.45, 2.75) is 13.0 Å². The van der Waals surface area contributed by atoms with Gasteiger partial charge in [0.15, 0.2) is 5.11 Å². The standard InChI is InChI=1S/C21H25N5S/c1-25-12-14-26(15-13-25)20-8-4-18(5-9-20)16-23-21(27)24-19-6-2-17(3-7-19)10-11-22/h2-9H,10,12-16H2,1H3,(H2,23,24,27). The van der Waals surface area contributed by atoms with E-state index in [0.717, 1.165) is 37.4 Å². The number of thiocarbonyl (C=S) groups is 1. The molecule has 1 aliphatic heterocycles. The number of nitrogens with zero attached hydrogens (tertiary/aromatic N) is 3. The fourth-order valence-corrected chi connectivity index (χ4v) is 3.23. The van der Waals surface area contributed by atoms with Gasteiger partial charge in [-0.25, -0.2) is 0 Å². The average Bonchev–Trinajstić information content (AvgIpc) is 2.69. The molecule has 0 amide bonds. The van der Waals surface area contributed by atoms with E-state index in [2.05, 4.69) is 57.8 Å². The Morgan fingerprint density at radius 3 is 2.26 bits per heavy atom. The quantitative estimate of drug-likeness (QED) is 0.779. The topological polar surface area (TPSA) is 54.3 Å². The fourth-order valence-electron chi connectivity index (χ4n) is 3.04. The van der Waals surface area contributed by atoms with Crippen molar-refractivity contribution in [2.75, 3.05) is 43.4 Å². The SMILES string of the molecule is CN1CCN(c2ccc(CNC(=S)Nc3ccc(CC#N)cc3)cc2)CC1. The Balaban J connectivity index is 1.46. The molecule has 5 nitrogen and oxygen atoms in total. The number of piperazine rings is 1. The molecule has 0 radical (unpaired) electrons. The molecular weight excluding hydrogens is 354 g/mol. The van der Waals surface area contributed by atoms with Gasteiger partial charge >= 0.3 is 0 Å². The van der Waals surface area contributed by atoms with Gasteiger partial charge in [-0.2, -0.15) is 5.26 Å². The van der Waals surface area contributed by atoms with E-state index < -0.39 is 0 Å². The largest absolute Gasteiger partial charge is 0.369 e. The number of nitrogens with one attached hydrogen (secondary N) is 2. The molecule has 2 aromatic carbocycles. The van der Waals surface area contributed by atoms with E-state index in [1.54, 1.807) is 0 Å². The number of likely N-dealkylation sites (N-methyl/N-ethyl adjacent to an activating group) is 1. The predicted octanol–water partition coefficient (Wildman–Crippen LogP) is 2.99. The third kappa shape index (κ3) is 5.68. The van der Waals surface area contributed by atoms with Gasteiger partial charge in [-0.05, 0) is 54.7 Å². The van der Waals surface area contributed by atoms with Gasteiger partial charge < -0.3 is 20.4 Å². The molecule has 0 unspecified atom stereocenters. The van der Waals surface area contributed by atoms with E-state index in [9.17, 15) is 0 Å². The minimum atomic E-state index is 0.424. The van der Waals surface area contributed by atoms with Gasteiger partial charge in [0.05, 0.1) is 12.5 Å². The molecule has 6 heteroatoms. The molecule has 0 bridgehead atoms. The lowest BCUT2D eigenvalue weighted by molar-refractivity contribution is 0.313. The summed E-state index contributed by atoms with van der Waals surface area (Å²) in [6.07, 6.45) is 0.424. The first-order chi connectivity index (χ1) is 13.1. The summed E-state index contributed by atoms with van der Waals surface area (Å²) in [5, 5.41) is 15.7. The van der Waals surface area contributed by atoms with Crippen LogP contribution in [0.2, 0.25) is 0 Å². The molecule has 0 atom stereocenters. The van der Waals surface area contributed by atoms with Gasteiger partial charge in [0.1, 0.15) is 0 Å². The highest BCUT2D eigenvalue weighted by Gasteiger charge is 2.13. The molecule has 0 spiro atoms. The molecule has 1 aliphatic rings. The number of nitriles is 1. The van der Waals surface area contributed by atoms with Crippen LogP contribution in [0.5, 0.6) is 0 Å². The molecule has 2 aromatic rings. The number of rotatable bonds is 5. The van der Waals surface area contributed by atoms with Crippen LogP contribution in [0.25, 0.3) is 0 Å². The molecule has 1 fully saturated rings. The lowest BCUT2D eigenvalue weighted by atomic mass is 10.1. The van der Waals surface area contributed by atoms with Crippen molar-refractivity contribution in [2.24, 2.45) is 0 Å². The maximum absolute atomic E-state index is 8.71. The third-order valence-corrected chi connectivity index (χ3v) is 5.00. The maximum atomic E-state index is 8.71. The minimum absolute atomic E-state index is 0.424. The van der Waals surface area contributed by atoms with Crippen molar-refractivity contribution in [1.82, 2.24) is 10.2 Å². The normalized spacial score (nSPS) is 14.4. The summed E-state index contributed by atoms with van der Waals surface area (Å²) in [4.78, 5) is 4.79. The summed E-state index contributed by atoms with van der Waals surface area (Å²) < 4.78 is 0. The van der Waals surface area contributed by atoms with Crippen molar-refractivity contribution in [3.05, 3.63) is 59.7 Å². The van der Waals surface area contributed by atoms with Crippen LogP contribution in [0.3, 0.4) is 0 Å². The molecule has 1 saturated heterocycles. The molecule has 2 N–H and O–H groups in total. The number of hydrogen-bond donors (Lipinski definition) is 2. The highest BCUT2D eigenvalue weighted by molar-refractivity contribution is 7.80. The fraction of sp³-hybridized carbons (Fsp3) is 0.333. The Kier molecular flexibility index (Phi) is 6.64. The van der Waals surface area contributed by atoms with Crippen molar-refractivity contribution >= 4 is 28.7 Å². The summed E-state index contributed by atoms with van der Waals surface area (Å²) in [7, 11) is 2.17. The number of benzene rings is 2. The molecule has 0 aromatic heterocycles. The van der Waals surface area contributed by atoms with Crippen molar-refractivity contribution in [3.63, 3.8) is 0 Å². The average molecular weight is 380 g/mol. The number of anilines is 2. The first kappa shape index (κ1) is 19.2. The molecule has 0 aliphatic carbocycles. The van der Waals surface area contributed by atoms with Crippen LogP contribution in [-0.4, -0.2) is 43.2 Å². The first-order valence-corrected chi connectivity index (χ1v) is 9.58. The summed E-state index contributed by atoms with van der Waals surface area (Å²) in [6.45, 7) is 5.06. The van der Waals surface area contributed by atoms with E-state index in [4.69, 9.17) is 17.5 Å². The van der Waals surface area contributed by atoms with Gasteiger partial charge in [-0.1, -0.05) is 24.3 Å². The first-order valence-electron chi connectivity index (χ1n) is 9.17. The Morgan fingerprint density at radius 2 is 1.63 bits per heavy atom. The summed E-state index contributed by atoms with van der Waals surface area (Å²) in [5.74, 6) is 0. The highest BCUT2D eigenvalue weighted by Crippen LogP contribution is 2.17. The predicted molar refractivity (Wildman–Crippen MR) is 115 cm³/mol. The Morgan fingerprint density at radius 1 is 1.00 bits per heavy atom. The van der Waals surface area contributed by atoms with E-state index in [0.29, 0.717) is 18.1 Å². The third-order valence-electron chi connectivity index (χ3n) is 4.75. The second kappa shape index (κ2) is 9.36. The van der Waals surface area contributed by atoms with E-state index in [1.807, 2.05) is 24.3 Å². The second-order valence-electron chi connectivity index (χ2n) is 6.80. The smallest absolute Gasteiger partial charge is 0.171 e. The Hall–Kier alpha value is -2.62. The summed E-state index contributed by atoms with van der Waals surface area (Å²) in [6, 6.07) is 18.6. The summed E-state index contributed by atoms with van der Waals surface area (Å²) >= 11 is 5.37. The molecule has 0 saturated carbocycles. The van der Waals surface area contributed by atoms with E-state index in [-0.39, 0.29) is 0 Å². The van der Waals surface area contributed by atoms with E-state index in [1.165, 1.54) is 11.3 Å². The van der Waals surface area contributed by atoms with Crippen LogP contribution in [-0.2, 0) is 13.0 Å². The molecule has 3 rings (SSSR count). The summed E-state index contributed by atoms with van der Waals surface area (Å²) in [5.41, 5.74) is 4.40. The maximum Gasteiger partial charge on any atom is 0.171 e. The van der Waals surface area contributed by atoms with Gasteiger partial charge in [0.2, 0.25) is 0 Å². The van der Waals surface area contributed by atoms with Gasteiger partial charge in [0, 0.05) is 44.1 Å². The molecule has 140 valence electrons. The zero-order valence-electron chi connectivity index (χ0n) is 15.6. The Bertz CT molecular complexity index is 787. The van der Waals surface area contributed by atoms with Crippen LogP contribution in [0.1, 0.15) is 11.1 Å². The lowest BCUT2D eigenvalue weighted by Gasteiger charge is -2.34. The van der Waals surface area contributed by atoms with Gasteiger partial charge in [-0.3, -0.25) is 0 Å². The second-order valence-corrected chi connectivity index (χ2v) is 7.20. The van der Waals surface area contributed by atoms with Crippen molar-refractivity contribution < 1.29 is 0 Å². The minimum Gasteiger partial charge on any atom is -0.369 e. The van der Waals surface area contributed by atoms with Crippen LogP contribution in [0.15, 0.2) is 48.5 Å². The molecular formula is C21H25N5S. The van der Waals surface area contributed by atoms with E-state index >= 15 is 0 Å².